The summed E-state index contributed by atoms with van der Waals surface area (Å²) in [4.78, 5) is 39.6. The Morgan fingerprint density at radius 1 is 0.812 bits per heavy atom. The summed E-state index contributed by atoms with van der Waals surface area (Å²) in [6.07, 6.45) is 1.57. The number of carbonyl (C=O) groups excluding carboxylic acids is 3. The quantitative estimate of drug-likeness (QED) is 0.296. The molecule has 0 atom stereocenters. The molecule has 5 rings (SSSR count). The smallest absolute Gasteiger partial charge is 0.335 e. The van der Waals surface area contributed by atoms with Crippen LogP contribution in [0.5, 0.6) is 5.75 Å². The Hall–Kier alpha value is -4.45. The van der Waals surface area contributed by atoms with E-state index in [1.165, 1.54) is 7.11 Å². The topological polar surface area (TPSA) is 75.7 Å². The van der Waals surface area contributed by atoms with E-state index in [9.17, 15) is 14.4 Å². The van der Waals surface area contributed by atoms with E-state index in [1.807, 2.05) is 48.5 Å². The van der Waals surface area contributed by atoms with Crippen LogP contribution in [0.3, 0.4) is 0 Å². The predicted molar refractivity (Wildman–Crippen MR) is 123 cm³/mol. The molecule has 0 spiro atoms. The molecular formula is C26H18N2O4. The Morgan fingerprint density at radius 2 is 1.47 bits per heavy atom. The van der Waals surface area contributed by atoms with E-state index in [-0.39, 0.29) is 5.57 Å². The molecule has 1 saturated heterocycles. The molecule has 156 valence electrons. The van der Waals surface area contributed by atoms with Crippen molar-refractivity contribution in [1.82, 2.24) is 5.32 Å². The van der Waals surface area contributed by atoms with Crippen molar-refractivity contribution < 1.29 is 19.1 Å². The third-order valence-corrected chi connectivity index (χ3v) is 5.51. The SMILES string of the molecule is COc1cccc(N2C(=O)NC(=O)/C(=C\c3c4ccccc4cc4ccccc34)C2=O)c1. The highest BCUT2D eigenvalue weighted by atomic mass is 16.5. The van der Waals surface area contributed by atoms with Crippen LogP contribution >= 0.6 is 0 Å². The summed E-state index contributed by atoms with van der Waals surface area (Å²) in [5, 5.41) is 6.07. The fourth-order valence-corrected chi connectivity index (χ4v) is 3.99. The Bertz CT molecular complexity index is 1400. The molecule has 4 amide bonds. The Kier molecular flexibility index (Phi) is 4.67. The molecule has 4 aromatic rings. The lowest BCUT2D eigenvalue weighted by molar-refractivity contribution is -0.122. The van der Waals surface area contributed by atoms with Gasteiger partial charge in [0.25, 0.3) is 11.8 Å². The number of imide groups is 2. The van der Waals surface area contributed by atoms with Gasteiger partial charge in [-0.05, 0) is 51.4 Å². The van der Waals surface area contributed by atoms with Gasteiger partial charge in [0.2, 0.25) is 0 Å². The zero-order chi connectivity index (χ0) is 22.2. The second-order valence-corrected chi connectivity index (χ2v) is 7.39. The molecule has 1 aliphatic rings. The largest absolute Gasteiger partial charge is 0.497 e. The number of fused-ring (bicyclic) bond motifs is 2. The minimum absolute atomic E-state index is 0.117. The molecule has 6 nitrogen and oxygen atoms in total. The average Bonchev–Trinajstić information content (AvgIpc) is 2.81. The van der Waals surface area contributed by atoms with Gasteiger partial charge in [-0.25, -0.2) is 9.69 Å². The van der Waals surface area contributed by atoms with Crippen LogP contribution in [0.2, 0.25) is 0 Å². The van der Waals surface area contributed by atoms with Gasteiger partial charge in [-0.2, -0.15) is 0 Å². The maximum atomic E-state index is 13.4. The first-order valence-electron chi connectivity index (χ1n) is 10.0. The van der Waals surface area contributed by atoms with Gasteiger partial charge in [0, 0.05) is 6.07 Å². The minimum Gasteiger partial charge on any atom is -0.497 e. The van der Waals surface area contributed by atoms with Crippen LogP contribution in [0.15, 0.2) is 84.4 Å². The molecule has 1 N–H and O–H groups in total. The van der Waals surface area contributed by atoms with Gasteiger partial charge in [0.05, 0.1) is 12.8 Å². The molecule has 32 heavy (non-hydrogen) atoms. The molecule has 1 fully saturated rings. The summed E-state index contributed by atoms with van der Waals surface area (Å²) in [7, 11) is 1.50. The Labute approximate surface area is 183 Å². The van der Waals surface area contributed by atoms with Crippen LogP contribution in [0.1, 0.15) is 5.56 Å². The van der Waals surface area contributed by atoms with Gasteiger partial charge >= 0.3 is 6.03 Å². The highest BCUT2D eigenvalue weighted by molar-refractivity contribution is 6.39. The van der Waals surface area contributed by atoms with Crippen molar-refractivity contribution in [3.05, 3.63) is 90.0 Å². The zero-order valence-electron chi connectivity index (χ0n) is 17.2. The number of benzene rings is 4. The van der Waals surface area contributed by atoms with Crippen molar-refractivity contribution in [3.63, 3.8) is 0 Å². The third-order valence-electron chi connectivity index (χ3n) is 5.51. The van der Waals surface area contributed by atoms with Crippen LogP contribution in [0, 0.1) is 0 Å². The molecule has 0 aromatic heterocycles. The fraction of sp³-hybridized carbons (Fsp3) is 0.0385. The van der Waals surface area contributed by atoms with Crippen molar-refractivity contribution in [2.24, 2.45) is 0 Å². The summed E-state index contributed by atoms with van der Waals surface area (Å²) < 4.78 is 5.20. The number of nitrogens with one attached hydrogen (secondary N) is 1. The number of rotatable bonds is 3. The van der Waals surface area contributed by atoms with E-state index >= 15 is 0 Å². The first-order chi connectivity index (χ1) is 15.6. The molecule has 0 unspecified atom stereocenters. The van der Waals surface area contributed by atoms with E-state index in [1.54, 1.807) is 30.3 Å². The highest BCUT2D eigenvalue weighted by Gasteiger charge is 2.37. The van der Waals surface area contributed by atoms with Gasteiger partial charge in [-0.1, -0.05) is 54.6 Å². The summed E-state index contributed by atoms with van der Waals surface area (Å²) in [5.41, 5.74) is 0.944. The molecule has 1 aliphatic heterocycles. The van der Waals surface area contributed by atoms with Gasteiger partial charge in [0.1, 0.15) is 11.3 Å². The highest BCUT2D eigenvalue weighted by Crippen LogP contribution is 2.32. The minimum atomic E-state index is -0.798. The summed E-state index contributed by atoms with van der Waals surface area (Å²) >= 11 is 0. The summed E-state index contributed by atoms with van der Waals surface area (Å²) in [5.74, 6) is -0.925. The van der Waals surface area contributed by atoms with Crippen molar-refractivity contribution in [3.8, 4) is 5.75 Å². The normalized spacial score (nSPS) is 15.5. The first-order valence-corrected chi connectivity index (χ1v) is 10.0. The molecule has 4 aromatic carbocycles. The average molecular weight is 422 g/mol. The predicted octanol–water partition coefficient (Wildman–Crippen LogP) is 4.67. The number of hydrogen-bond donors (Lipinski definition) is 1. The van der Waals surface area contributed by atoms with E-state index in [0.29, 0.717) is 11.4 Å². The van der Waals surface area contributed by atoms with Crippen LogP contribution < -0.4 is 15.0 Å². The van der Waals surface area contributed by atoms with Gasteiger partial charge in [-0.3, -0.25) is 14.9 Å². The monoisotopic (exact) mass is 422 g/mol. The van der Waals surface area contributed by atoms with Crippen molar-refractivity contribution in [1.29, 1.82) is 0 Å². The van der Waals surface area contributed by atoms with Gasteiger partial charge in [-0.15, -0.1) is 0 Å². The number of amides is 4. The molecule has 0 saturated carbocycles. The lowest BCUT2D eigenvalue weighted by Crippen LogP contribution is -2.54. The molecule has 6 heteroatoms. The summed E-state index contributed by atoms with van der Waals surface area (Å²) in [6.45, 7) is 0. The third kappa shape index (κ3) is 3.18. The maximum Gasteiger partial charge on any atom is 0.335 e. The molecule has 0 radical (unpaired) electrons. The molecular weight excluding hydrogens is 404 g/mol. The number of barbiturate groups is 1. The second kappa shape index (κ2) is 7.67. The summed E-state index contributed by atoms with van der Waals surface area (Å²) in [6, 6.07) is 23.4. The number of hydrogen-bond acceptors (Lipinski definition) is 4. The number of ether oxygens (including phenoxy) is 1. The number of anilines is 1. The van der Waals surface area contributed by atoms with Crippen molar-refractivity contribution in [2.45, 2.75) is 0 Å². The fourth-order valence-electron chi connectivity index (χ4n) is 3.99. The molecule has 0 aliphatic carbocycles. The second-order valence-electron chi connectivity index (χ2n) is 7.39. The number of carbonyl (C=O) groups is 3. The Morgan fingerprint density at radius 3 is 2.12 bits per heavy atom. The van der Waals surface area contributed by atoms with Crippen LogP contribution in [-0.4, -0.2) is 25.0 Å². The van der Waals surface area contributed by atoms with E-state index in [0.717, 1.165) is 32.0 Å². The van der Waals surface area contributed by atoms with Gasteiger partial charge in [0.15, 0.2) is 0 Å². The van der Waals surface area contributed by atoms with E-state index in [2.05, 4.69) is 11.4 Å². The van der Waals surface area contributed by atoms with Crippen LogP contribution in [0.4, 0.5) is 10.5 Å². The van der Waals surface area contributed by atoms with E-state index in [4.69, 9.17) is 4.74 Å². The van der Waals surface area contributed by atoms with Crippen molar-refractivity contribution in [2.75, 3.05) is 12.0 Å². The number of nitrogens with zero attached hydrogens (tertiary/aromatic N) is 1. The number of methoxy groups -OCH3 is 1. The molecule has 1 heterocycles. The first kappa shape index (κ1) is 19.5. The van der Waals surface area contributed by atoms with Gasteiger partial charge < -0.3 is 4.74 Å². The standard InChI is InChI=1S/C26H18N2O4/c1-32-19-10-6-9-18(14-19)28-25(30)23(24(29)27-26(28)31)15-22-20-11-4-2-7-16(20)13-17-8-3-5-12-21(17)22/h2-15H,1H3,(H,27,29,31)/b23-15+. The lowest BCUT2D eigenvalue weighted by Gasteiger charge is -2.26. The Balaban J connectivity index is 1.70. The maximum absolute atomic E-state index is 13.4. The molecule has 0 bridgehead atoms. The van der Waals surface area contributed by atoms with Crippen LogP contribution in [-0.2, 0) is 9.59 Å². The van der Waals surface area contributed by atoms with Crippen LogP contribution in [0.25, 0.3) is 27.6 Å². The zero-order valence-corrected chi connectivity index (χ0v) is 17.2. The lowest BCUT2D eigenvalue weighted by atomic mass is 9.94. The van der Waals surface area contributed by atoms with E-state index < -0.39 is 17.8 Å². The van der Waals surface area contributed by atoms with Crippen molar-refractivity contribution >= 4 is 51.2 Å². The number of urea groups is 1.